The van der Waals surface area contributed by atoms with Crippen LogP contribution in [0.2, 0.25) is 3.93 Å². The molecule has 7 nitrogen and oxygen atoms in total. The molecule has 1 aromatic rings. The van der Waals surface area contributed by atoms with Crippen LogP contribution in [0.25, 0.3) is 6.08 Å². The second-order valence-corrected chi connectivity index (χ2v) is 9.78. The summed E-state index contributed by atoms with van der Waals surface area (Å²) in [5.74, 6) is -1.99. The summed E-state index contributed by atoms with van der Waals surface area (Å²) < 4.78 is 0.892. The van der Waals surface area contributed by atoms with Crippen LogP contribution in [0.3, 0.4) is 0 Å². The van der Waals surface area contributed by atoms with Crippen LogP contribution in [0.1, 0.15) is 31.7 Å². The van der Waals surface area contributed by atoms with Crippen molar-refractivity contribution in [1.82, 2.24) is 16.0 Å². The maximum atomic E-state index is 13.0. The van der Waals surface area contributed by atoms with E-state index in [1.807, 2.05) is 37.3 Å². The molecule has 1 fully saturated rings. The molecule has 1 aliphatic heterocycles. The van der Waals surface area contributed by atoms with Gasteiger partial charge in [-0.05, 0) is 0 Å². The van der Waals surface area contributed by atoms with Gasteiger partial charge in [0.05, 0.1) is 0 Å². The number of nitrogens with one attached hydrogen (secondary N) is 3. The number of benzene rings is 1. The van der Waals surface area contributed by atoms with Crippen LogP contribution in [-0.2, 0) is 45.3 Å². The summed E-state index contributed by atoms with van der Waals surface area (Å²) in [6.07, 6.45) is 4.19. The molecule has 0 aliphatic carbocycles. The molecule has 8 heteroatoms. The Morgan fingerprint density at radius 2 is 2.00 bits per heavy atom. The topological polar surface area (TPSA) is 104 Å². The van der Waals surface area contributed by atoms with Crippen molar-refractivity contribution in [2.24, 2.45) is 11.8 Å². The third-order valence-electron chi connectivity index (χ3n) is 5.28. The number of amides is 3. The maximum absolute atomic E-state index is 13.0. The predicted molar refractivity (Wildman–Crippen MR) is 114 cm³/mol. The van der Waals surface area contributed by atoms with Gasteiger partial charge >= 0.3 is 169 Å². The fraction of sp³-hybridized carbons (Fsp3) is 0.391. The molecule has 0 radical (unpaired) electrons. The van der Waals surface area contributed by atoms with Crippen molar-refractivity contribution < 1.29 is 45.3 Å². The molecular formula is C23H28HgN3O4. The van der Waals surface area contributed by atoms with Crippen LogP contribution in [0.5, 0.6) is 0 Å². The Balaban J connectivity index is 1.89. The third kappa shape index (κ3) is 7.72. The summed E-state index contributed by atoms with van der Waals surface area (Å²) >= 11 is 0.458. The normalized spacial score (nSPS) is 17.8. The van der Waals surface area contributed by atoms with E-state index in [1.54, 1.807) is 6.08 Å². The minimum absolute atomic E-state index is 0.0184. The molecule has 161 valence electrons. The van der Waals surface area contributed by atoms with Gasteiger partial charge in [0.25, 0.3) is 0 Å². The van der Waals surface area contributed by atoms with Crippen molar-refractivity contribution in [3.05, 3.63) is 54.2 Å². The Hall–Kier alpha value is -2.28. The van der Waals surface area contributed by atoms with Crippen molar-refractivity contribution in [2.45, 2.75) is 36.2 Å². The van der Waals surface area contributed by atoms with Crippen molar-refractivity contribution in [1.29, 1.82) is 0 Å². The molecular weight excluding hydrogens is 583 g/mol. The summed E-state index contributed by atoms with van der Waals surface area (Å²) in [5.41, 5.74) is 1.44. The molecule has 1 aliphatic rings. The van der Waals surface area contributed by atoms with E-state index >= 15 is 0 Å². The Bertz CT molecular complexity index is 850. The second-order valence-electron chi connectivity index (χ2n) is 7.54. The van der Waals surface area contributed by atoms with Crippen molar-refractivity contribution in [3.8, 4) is 0 Å². The first-order valence-corrected chi connectivity index (χ1v) is 14.4. The fourth-order valence-electron chi connectivity index (χ4n) is 3.47. The van der Waals surface area contributed by atoms with Crippen LogP contribution in [0.15, 0.2) is 48.7 Å². The Morgan fingerprint density at radius 3 is 2.58 bits per heavy atom. The number of rotatable bonds is 11. The molecule has 0 bridgehead atoms. The molecule has 1 aromatic carbocycles. The molecule has 0 aromatic heterocycles. The molecule has 1 saturated heterocycles. The second kappa shape index (κ2) is 12.5. The summed E-state index contributed by atoms with van der Waals surface area (Å²) in [4.78, 5) is 49.5. The van der Waals surface area contributed by atoms with Gasteiger partial charge in [-0.25, -0.2) is 0 Å². The molecule has 2 rings (SSSR count). The molecule has 1 heterocycles. The SMILES string of the molecule is C=C1CC(C(=O)C(NC(=O)CCNC(=O)/C=C/c2ccccc2)C(CC)[CH2][Hg])C(=O)N1. The average Bonchev–Trinajstić information content (AvgIpc) is 3.10. The first kappa shape index (κ1) is 25.0. The summed E-state index contributed by atoms with van der Waals surface area (Å²) in [7, 11) is 0. The van der Waals surface area contributed by atoms with Crippen molar-refractivity contribution >= 4 is 29.6 Å². The van der Waals surface area contributed by atoms with Gasteiger partial charge in [-0.2, -0.15) is 0 Å². The summed E-state index contributed by atoms with van der Waals surface area (Å²) in [6.45, 7) is 5.87. The zero-order valence-electron chi connectivity index (χ0n) is 17.9. The Morgan fingerprint density at radius 1 is 1.29 bits per heavy atom. The van der Waals surface area contributed by atoms with Gasteiger partial charge in [-0.3, -0.25) is 0 Å². The van der Waals surface area contributed by atoms with Gasteiger partial charge < -0.3 is 0 Å². The van der Waals surface area contributed by atoms with Gasteiger partial charge in [-0.15, -0.1) is 0 Å². The van der Waals surface area contributed by atoms with Gasteiger partial charge in [0.15, 0.2) is 0 Å². The average molecular weight is 611 g/mol. The quantitative estimate of drug-likeness (QED) is 0.202. The van der Waals surface area contributed by atoms with Crippen LogP contribution < -0.4 is 16.0 Å². The zero-order valence-corrected chi connectivity index (χ0v) is 23.4. The number of Topliss-reactive ketones (excluding diaryl/α,β-unsaturated/α-hetero) is 1. The fourth-order valence-corrected chi connectivity index (χ4v) is 6.35. The Kier molecular flexibility index (Phi) is 10.1. The molecule has 0 spiro atoms. The molecule has 3 N–H and O–H groups in total. The van der Waals surface area contributed by atoms with E-state index < -0.39 is 12.0 Å². The number of carbonyl (C=O) groups excluding carboxylic acids is 4. The number of allylic oxidation sites excluding steroid dienone is 1. The molecule has 0 saturated carbocycles. The van der Waals surface area contributed by atoms with Gasteiger partial charge in [0.2, 0.25) is 0 Å². The molecule has 3 atom stereocenters. The number of carbonyl (C=O) groups is 4. The van der Waals surface area contributed by atoms with E-state index in [1.165, 1.54) is 6.08 Å². The monoisotopic (exact) mass is 612 g/mol. The first-order valence-electron chi connectivity index (χ1n) is 10.5. The van der Waals surface area contributed by atoms with Crippen LogP contribution in [0.4, 0.5) is 0 Å². The molecule has 3 amide bonds. The van der Waals surface area contributed by atoms with E-state index in [9.17, 15) is 19.2 Å². The standard InChI is InChI=1S/C23H28N3O4.Hg/c1-4-15(2)21(22(29)18-14-16(3)25-23(18)30)26-20(28)12-13-24-19(27)11-10-17-8-6-5-7-9-17;/h5-11,15,18,21H,2-4,12-14H2,1H3,(H,24,27)(H,25,30)(H,26,28);/b11-10+;. The number of hydrogen-bond acceptors (Lipinski definition) is 4. The van der Waals surface area contributed by atoms with E-state index in [2.05, 4.69) is 22.5 Å². The van der Waals surface area contributed by atoms with E-state index in [4.69, 9.17) is 0 Å². The van der Waals surface area contributed by atoms with Crippen LogP contribution in [-0.4, -0.2) is 36.1 Å². The third-order valence-corrected chi connectivity index (χ3v) is 8.16. The van der Waals surface area contributed by atoms with Crippen LogP contribution >= 0.6 is 0 Å². The summed E-state index contributed by atoms with van der Waals surface area (Å²) in [6, 6.07) is 8.74. The van der Waals surface area contributed by atoms with Crippen molar-refractivity contribution in [2.75, 3.05) is 6.54 Å². The zero-order chi connectivity index (χ0) is 22.8. The van der Waals surface area contributed by atoms with Gasteiger partial charge in [0.1, 0.15) is 0 Å². The minimum atomic E-state index is -0.797. The number of hydrogen-bond donors (Lipinski definition) is 3. The Labute approximate surface area is 199 Å². The number of ketones is 1. The van der Waals surface area contributed by atoms with E-state index in [0.29, 0.717) is 31.8 Å². The molecule has 3 unspecified atom stereocenters. The molecule has 31 heavy (non-hydrogen) atoms. The first-order chi connectivity index (χ1) is 14.8. The van der Waals surface area contributed by atoms with Gasteiger partial charge in [0, 0.05) is 0 Å². The van der Waals surface area contributed by atoms with Crippen molar-refractivity contribution in [3.63, 3.8) is 0 Å². The van der Waals surface area contributed by atoms with Gasteiger partial charge in [-0.1, -0.05) is 30.3 Å². The summed E-state index contributed by atoms with van der Waals surface area (Å²) in [5, 5.41) is 8.09. The predicted octanol–water partition coefficient (Wildman–Crippen LogP) is 1.90. The van der Waals surface area contributed by atoms with E-state index in [-0.39, 0.29) is 48.8 Å². The van der Waals surface area contributed by atoms with E-state index in [0.717, 1.165) is 15.9 Å². The van der Waals surface area contributed by atoms with Crippen LogP contribution in [0, 0.1) is 11.8 Å².